The van der Waals surface area contributed by atoms with Crippen molar-refractivity contribution in [2.45, 2.75) is 54.4 Å². The Balaban J connectivity index is 1.90. The summed E-state index contributed by atoms with van der Waals surface area (Å²) in [5.41, 5.74) is 1.33. The fraction of sp³-hybridized carbons (Fsp3) is 0.526. The highest BCUT2D eigenvalue weighted by molar-refractivity contribution is 8.19. The molecule has 0 radical (unpaired) electrons. The van der Waals surface area contributed by atoms with Crippen LogP contribution in [-0.4, -0.2) is 44.4 Å². The van der Waals surface area contributed by atoms with E-state index in [0.717, 1.165) is 9.79 Å². The topological polar surface area (TPSA) is 40.6 Å². The number of thioether (sulfide) groups is 2. The zero-order chi connectivity index (χ0) is 19.2. The van der Waals surface area contributed by atoms with E-state index in [1.165, 1.54) is 5.56 Å². The van der Waals surface area contributed by atoms with Gasteiger partial charge < -0.3 is 0 Å². The lowest BCUT2D eigenvalue weighted by Gasteiger charge is -2.39. The third-order valence-corrected chi connectivity index (χ3v) is 8.08. The van der Waals surface area contributed by atoms with Crippen LogP contribution in [0.15, 0.2) is 28.0 Å². The third-order valence-electron chi connectivity index (χ3n) is 4.73. The van der Waals surface area contributed by atoms with E-state index in [-0.39, 0.29) is 21.8 Å². The van der Waals surface area contributed by atoms with Gasteiger partial charge in [-0.2, -0.15) is 0 Å². The van der Waals surface area contributed by atoms with E-state index in [0.29, 0.717) is 18.2 Å². The van der Waals surface area contributed by atoms with Crippen LogP contribution in [0.1, 0.15) is 40.2 Å². The molecule has 7 heteroatoms. The maximum atomic E-state index is 13.0. The van der Waals surface area contributed by atoms with Crippen LogP contribution in [0.4, 0.5) is 0 Å². The number of hydrogen-bond donors (Lipinski definition) is 0. The van der Waals surface area contributed by atoms with Gasteiger partial charge >= 0.3 is 0 Å². The highest BCUT2D eigenvalue weighted by Crippen LogP contribution is 2.52. The second kappa shape index (κ2) is 7.17. The molecular formula is C19H24N2O2S3. The number of thiocarbonyl (C=S) groups is 1. The maximum Gasteiger partial charge on any atom is 0.243 e. The standard InChI is InChI=1S/C19H24N2O2S3/c1-6-20-15(22)14(16(23)21(7-2)18(20)24)17-25-12-9-8-11(19(3,4)5)10-13(12)26-17/h8-10,14,17H,6-7H2,1-5H3. The first-order chi connectivity index (χ1) is 12.2. The molecule has 140 valence electrons. The predicted molar refractivity (Wildman–Crippen MR) is 112 cm³/mol. The molecule has 0 saturated carbocycles. The first-order valence-corrected chi connectivity index (χ1v) is 11.0. The van der Waals surface area contributed by atoms with Gasteiger partial charge in [0.1, 0.15) is 5.92 Å². The minimum Gasteiger partial charge on any atom is -0.288 e. The number of carbonyl (C=O) groups excluding carboxylic acids is 2. The molecule has 0 bridgehead atoms. The third kappa shape index (κ3) is 3.29. The van der Waals surface area contributed by atoms with Gasteiger partial charge in [0.25, 0.3) is 0 Å². The van der Waals surface area contributed by atoms with Gasteiger partial charge in [-0.05, 0) is 49.2 Å². The van der Waals surface area contributed by atoms with Crippen LogP contribution in [-0.2, 0) is 15.0 Å². The van der Waals surface area contributed by atoms with Gasteiger partial charge in [0, 0.05) is 22.9 Å². The predicted octanol–water partition coefficient (Wildman–Crippen LogP) is 4.12. The number of rotatable bonds is 3. The Morgan fingerprint density at radius 1 is 1.00 bits per heavy atom. The lowest BCUT2D eigenvalue weighted by atomic mass is 9.87. The van der Waals surface area contributed by atoms with Crippen molar-refractivity contribution < 1.29 is 9.59 Å². The van der Waals surface area contributed by atoms with Gasteiger partial charge in [0.2, 0.25) is 11.8 Å². The molecule has 3 rings (SSSR count). The molecule has 1 aromatic carbocycles. The van der Waals surface area contributed by atoms with Crippen molar-refractivity contribution in [3.05, 3.63) is 23.8 Å². The second-order valence-electron chi connectivity index (χ2n) is 7.44. The lowest BCUT2D eigenvalue weighted by Crippen LogP contribution is -2.61. The average Bonchev–Trinajstić information content (AvgIpc) is 2.97. The highest BCUT2D eigenvalue weighted by atomic mass is 32.2. The fourth-order valence-corrected chi connectivity index (χ4v) is 6.65. The molecule has 1 saturated heterocycles. The molecule has 1 fully saturated rings. The quantitative estimate of drug-likeness (QED) is 0.556. The first kappa shape index (κ1) is 19.7. The smallest absolute Gasteiger partial charge is 0.243 e. The number of amides is 2. The van der Waals surface area contributed by atoms with E-state index >= 15 is 0 Å². The van der Waals surface area contributed by atoms with Gasteiger partial charge in [-0.1, -0.05) is 26.8 Å². The Morgan fingerprint density at radius 2 is 1.54 bits per heavy atom. The molecule has 1 unspecified atom stereocenters. The Hall–Kier alpha value is -1.05. The molecule has 0 aromatic heterocycles. The second-order valence-corrected chi connectivity index (χ2v) is 10.5. The number of hydrogen-bond acceptors (Lipinski definition) is 5. The molecule has 1 atom stereocenters. The van der Waals surface area contributed by atoms with Crippen molar-refractivity contribution in [1.82, 2.24) is 9.80 Å². The molecule has 2 aliphatic rings. The average molecular weight is 409 g/mol. The van der Waals surface area contributed by atoms with E-state index in [1.807, 2.05) is 13.8 Å². The summed E-state index contributed by atoms with van der Waals surface area (Å²) in [6.45, 7) is 11.3. The van der Waals surface area contributed by atoms with Crippen LogP contribution in [0.3, 0.4) is 0 Å². The molecule has 0 spiro atoms. The summed E-state index contributed by atoms with van der Waals surface area (Å²) in [5.74, 6) is -1.02. The van der Waals surface area contributed by atoms with Gasteiger partial charge in [-0.15, -0.1) is 23.5 Å². The monoisotopic (exact) mass is 408 g/mol. The van der Waals surface area contributed by atoms with Crippen molar-refractivity contribution in [3.63, 3.8) is 0 Å². The molecule has 0 N–H and O–H groups in total. The summed E-state index contributed by atoms with van der Waals surface area (Å²) < 4.78 is -0.147. The number of carbonyl (C=O) groups is 2. The summed E-state index contributed by atoms with van der Waals surface area (Å²) in [6.07, 6.45) is 0. The lowest BCUT2D eigenvalue weighted by molar-refractivity contribution is -0.146. The van der Waals surface area contributed by atoms with Crippen LogP contribution in [0.2, 0.25) is 0 Å². The summed E-state index contributed by atoms with van der Waals surface area (Å²) in [7, 11) is 0. The fourth-order valence-electron chi connectivity index (χ4n) is 3.17. The number of nitrogens with zero attached hydrogens (tertiary/aromatic N) is 2. The van der Waals surface area contributed by atoms with Crippen molar-refractivity contribution in [3.8, 4) is 0 Å². The number of benzene rings is 1. The van der Waals surface area contributed by atoms with E-state index in [2.05, 4.69) is 39.0 Å². The minimum absolute atomic E-state index is 0.0685. The molecule has 26 heavy (non-hydrogen) atoms. The van der Waals surface area contributed by atoms with Crippen molar-refractivity contribution in [2.75, 3.05) is 13.1 Å². The summed E-state index contributed by atoms with van der Waals surface area (Å²) >= 11 is 8.60. The SMILES string of the molecule is CCN1C(=O)C(C2Sc3ccc(C(C)(C)C)cc3S2)C(=O)N(CC)C1=S. The Morgan fingerprint density at radius 3 is 2.04 bits per heavy atom. The largest absolute Gasteiger partial charge is 0.288 e. The molecule has 2 amide bonds. The molecule has 2 aliphatic heterocycles. The van der Waals surface area contributed by atoms with Crippen LogP contribution in [0.5, 0.6) is 0 Å². The molecule has 0 aliphatic carbocycles. The molecule has 1 aromatic rings. The molecule has 2 heterocycles. The van der Waals surface area contributed by atoms with Crippen molar-refractivity contribution >= 4 is 52.7 Å². The van der Waals surface area contributed by atoms with Gasteiger partial charge in [0.05, 0.1) is 4.58 Å². The Bertz CT molecular complexity index is 747. The Labute approximate surface area is 169 Å². The summed E-state index contributed by atoms with van der Waals surface area (Å²) in [4.78, 5) is 31.4. The Kier molecular flexibility index (Phi) is 5.43. The van der Waals surface area contributed by atoms with E-state index in [4.69, 9.17) is 12.2 Å². The van der Waals surface area contributed by atoms with Gasteiger partial charge in [0.15, 0.2) is 5.11 Å². The van der Waals surface area contributed by atoms with E-state index < -0.39 is 5.92 Å². The first-order valence-electron chi connectivity index (χ1n) is 8.83. The maximum absolute atomic E-state index is 13.0. The summed E-state index contributed by atoms with van der Waals surface area (Å²) in [5, 5.41) is 0.335. The van der Waals surface area contributed by atoms with Crippen LogP contribution >= 0.6 is 35.7 Å². The minimum atomic E-state index is -0.693. The van der Waals surface area contributed by atoms with Crippen LogP contribution in [0.25, 0.3) is 0 Å². The van der Waals surface area contributed by atoms with Crippen molar-refractivity contribution in [1.29, 1.82) is 0 Å². The zero-order valence-corrected chi connectivity index (χ0v) is 18.2. The summed E-state index contributed by atoms with van der Waals surface area (Å²) in [6, 6.07) is 6.46. The zero-order valence-electron chi connectivity index (χ0n) is 15.7. The van der Waals surface area contributed by atoms with E-state index in [9.17, 15) is 9.59 Å². The van der Waals surface area contributed by atoms with Gasteiger partial charge in [-0.25, -0.2) is 0 Å². The van der Waals surface area contributed by atoms with E-state index in [1.54, 1.807) is 33.3 Å². The van der Waals surface area contributed by atoms with Crippen molar-refractivity contribution in [2.24, 2.45) is 5.92 Å². The normalized spacial score (nSPS) is 21.6. The van der Waals surface area contributed by atoms with Gasteiger partial charge in [-0.3, -0.25) is 19.4 Å². The highest BCUT2D eigenvalue weighted by Gasteiger charge is 2.48. The number of fused-ring (bicyclic) bond motifs is 1. The molecular weight excluding hydrogens is 384 g/mol. The van der Waals surface area contributed by atoms with Crippen LogP contribution < -0.4 is 0 Å². The molecule has 4 nitrogen and oxygen atoms in total. The van der Waals surface area contributed by atoms with Crippen LogP contribution in [0, 0.1) is 5.92 Å².